The monoisotopic (exact) mass is 297 g/mol. The van der Waals surface area contributed by atoms with E-state index in [1.807, 2.05) is 7.05 Å². The van der Waals surface area contributed by atoms with Crippen molar-refractivity contribution in [2.24, 2.45) is 4.99 Å². The number of unbranched alkanes of at least 4 members (excludes halogenated alkanes) is 3. The standard InChI is InChI=1S/C16H31N3O2/c1-3-4-5-6-9-18-16(17-2)19-10-12-21-15(13-19)14-8-7-11-20-14/h14-15H,3-13H2,1-2H3,(H,17,18). The third kappa shape index (κ3) is 5.15. The van der Waals surface area contributed by atoms with Crippen LogP contribution in [-0.2, 0) is 9.47 Å². The highest BCUT2D eigenvalue weighted by molar-refractivity contribution is 5.80. The molecule has 2 fully saturated rings. The molecule has 2 rings (SSSR count). The fraction of sp³-hybridized carbons (Fsp3) is 0.938. The molecular weight excluding hydrogens is 266 g/mol. The number of ether oxygens (including phenoxy) is 2. The Labute approximate surface area is 129 Å². The van der Waals surface area contributed by atoms with Crippen molar-refractivity contribution in [2.75, 3.05) is 39.9 Å². The lowest BCUT2D eigenvalue weighted by Crippen LogP contribution is -2.53. The molecule has 0 aliphatic carbocycles. The number of aliphatic imine (C=N–C) groups is 1. The largest absolute Gasteiger partial charge is 0.375 e. The first-order valence-electron chi connectivity index (χ1n) is 8.54. The number of nitrogens with zero attached hydrogens (tertiary/aromatic N) is 2. The van der Waals surface area contributed by atoms with Crippen LogP contribution in [0.3, 0.4) is 0 Å². The van der Waals surface area contributed by atoms with Gasteiger partial charge in [0.25, 0.3) is 0 Å². The highest BCUT2D eigenvalue weighted by Gasteiger charge is 2.32. The van der Waals surface area contributed by atoms with Crippen molar-refractivity contribution >= 4 is 5.96 Å². The van der Waals surface area contributed by atoms with Crippen LogP contribution < -0.4 is 5.32 Å². The van der Waals surface area contributed by atoms with E-state index in [2.05, 4.69) is 22.1 Å². The summed E-state index contributed by atoms with van der Waals surface area (Å²) < 4.78 is 11.7. The van der Waals surface area contributed by atoms with Crippen LogP contribution in [0.4, 0.5) is 0 Å². The molecule has 2 heterocycles. The maximum Gasteiger partial charge on any atom is 0.193 e. The molecule has 2 unspecified atom stereocenters. The van der Waals surface area contributed by atoms with Crippen LogP contribution in [-0.4, -0.2) is 63.0 Å². The van der Waals surface area contributed by atoms with Gasteiger partial charge in [0, 0.05) is 33.3 Å². The number of rotatable bonds is 6. The summed E-state index contributed by atoms with van der Waals surface area (Å²) in [6.45, 7) is 6.70. The van der Waals surface area contributed by atoms with Gasteiger partial charge in [-0.05, 0) is 19.3 Å². The van der Waals surface area contributed by atoms with Gasteiger partial charge in [-0.3, -0.25) is 4.99 Å². The van der Waals surface area contributed by atoms with Crippen molar-refractivity contribution < 1.29 is 9.47 Å². The number of nitrogens with one attached hydrogen (secondary N) is 1. The van der Waals surface area contributed by atoms with Gasteiger partial charge in [0.05, 0.1) is 12.7 Å². The molecule has 2 atom stereocenters. The van der Waals surface area contributed by atoms with Gasteiger partial charge in [-0.1, -0.05) is 26.2 Å². The molecule has 2 saturated heterocycles. The molecule has 0 aromatic heterocycles. The van der Waals surface area contributed by atoms with Crippen molar-refractivity contribution in [2.45, 2.75) is 57.7 Å². The molecule has 122 valence electrons. The summed E-state index contributed by atoms with van der Waals surface area (Å²) in [4.78, 5) is 6.74. The number of guanidine groups is 1. The van der Waals surface area contributed by atoms with Crippen molar-refractivity contribution in [1.29, 1.82) is 0 Å². The molecule has 5 heteroatoms. The highest BCUT2D eigenvalue weighted by Crippen LogP contribution is 2.20. The van der Waals surface area contributed by atoms with E-state index in [0.717, 1.165) is 51.6 Å². The second-order valence-electron chi connectivity index (χ2n) is 5.94. The van der Waals surface area contributed by atoms with E-state index in [9.17, 15) is 0 Å². The van der Waals surface area contributed by atoms with Crippen LogP contribution in [0.1, 0.15) is 45.4 Å². The van der Waals surface area contributed by atoms with Gasteiger partial charge in [-0.15, -0.1) is 0 Å². The Kier molecular flexibility index (Phi) is 7.30. The molecule has 5 nitrogen and oxygen atoms in total. The maximum atomic E-state index is 5.89. The SMILES string of the molecule is CCCCCCNC(=NC)N1CCOC(C2CCCO2)C1. The van der Waals surface area contributed by atoms with Crippen molar-refractivity contribution in [3.63, 3.8) is 0 Å². The van der Waals surface area contributed by atoms with Crippen LogP contribution in [0.15, 0.2) is 4.99 Å². The van der Waals surface area contributed by atoms with E-state index < -0.39 is 0 Å². The summed E-state index contributed by atoms with van der Waals surface area (Å²) in [6.07, 6.45) is 7.86. The van der Waals surface area contributed by atoms with Gasteiger partial charge in [0.1, 0.15) is 6.10 Å². The third-order valence-corrected chi connectivity index (χ3v) is 4.30. The average molecular weight is 297 g/mol. The Bertz CT molecular complexity index is 317. The zero-order chi connectivity index (χ0) is 14.9. The molecule has 0 aromatic rings. The van der Waals surface area contributed by atoms with Crippen LogP contribution >= 0.6 is 0 Å². The first-order valence-corrected chi connectivity index (χ1v) is 8.54. The quantitative estimate of drug-likeness (QED) is 0.463. The van der Waals surface area contributed by atoms with Gasteiger partial charge >= 0.3 is 0 Å². The summed E-state index contributed by atoms with van der Waals surface area (Å²) in [6, 6.07) is 0. The molecule has 0 bridgehead atoms. The van der Waals surface area contributed by atoms with Gasteiger partial charge in [0.15, 0.2) is 5.96 Å². The summed E-state index contributed by atoms with van der Waals surface area (Å²) >= 11 is 0. The zero-order valence-electron chi connectivity index (χ0n) is 13.6. The van der Waals surface area contributed by atoms with E-state index in [4.69, 9.17) is 9.47 Å². The minimum absolute atomic E-state index is 0.194. The van der Waals surface area contributed by atoms with Gasteiger partial charge in [-0.25, -0.2) is 0 Å². The van der Waals surface area contributed by atoms with Gasteiger partial charge in [-0.2, -0.15) is 0 Å². The molecule has 0 amide bonds. The topological polar surface area (TPSA) is 46.1 Å². The predicted molar refractivity (Wildman–Crippen MR) is 85.8 cm³/mol. The van der Waals surface area contributed by atoms with E-state index in [0.29, 0.717) is 0 Å². The van der Waals surface area contributed by atoms with Crippen LogP contribution in [0.5, 0.6) is 0 Å². The molecule has 2 aliphatic heterocycles. The fourth-order valence-electron chi connectivity index (χ4n) is 3.07. The summed E-state index contributed by atoms with van der Waals surface area (Å²) in [7, 11) is 1.87. The highest BCUT2D eigenvalue weighted by atomic mass is 16.5. The van der Waals surface area contributed by atoms with Crippen LogP contribution in [0, 0.1) is 0 Å². The zero-order valence-corrected chi connectivity index (χ0v) is 13.6. The molecule has 0 spiro atoms. The summed E-state index contributed by atoms with van der Waals surface area (Å²) in [5.74, 6) is 1.01. The van der Waals surface area contributed by atoms with Gasteiger partial charge in [0.2, 0.25) is 0 Å². The first-order chi connectivity index (χ1) is 10.3. The van der Waals surface area contributed by atoms with E-state index in [1.165, 1.54) is 25.7 Å². The Morgan fingerprint density at radius 3 is 2.76 bits per heavy atom. The molecule has 0 saturated carbocycles. The van der Waals surface area contributed by atoms with Crippen molar-refractivity contribution in [3.05, 3.63) is 0 Å². The van der Waals surface area contributed by atoms with E-state index >= 15 is 0 Å². The van der Waals surface area contributed by atoms with Crippen molar-refractivity contribution in [3.8, 4) is 0 Å². The average Bonchev–Trinajstić information content (AvgIpc) is 3.05. The minimum Gasteiger partial charge on any atom is -0.375 e. The number of hydrogen-bond donors (Lipinski definition) is 1. The smallest absolute Gasteiger partial charge is 0.193 e. The predicted octanol–water partition coefficient (Wildman–Crippen LogP) is 2.02. The van der Waals surface area contributed by atoms with Crippen LogP contribution in [0.2, 0.25) is 0 Å². The second kappa shape index (κ2) is 9.26. The molecule has 1 N–H and O–H groups in total. The lowest BCUT2D eigenvalue weighted by atomic mass is 10.1. The van der Waals surface area contributed by atoms with E-state index in [-0.39, 0.29) is 12.2 Å². The van der Waals surface area contributed by atoms with Crippen molar-refractivity contribution in [1.82, 2.24) is 10.2 Å². The summed E-state index contributed by atoms with van der Waals surface area (Å²) in [5, 5.41) is 3.49. The summed E-state index contributed by atoms with van der Waals surface area (Å²) in [5.41, 5.74) is 0. The Balaban J connectivity index is 1.75. The third-order valence-electron chi connectivity index (χ3n) is 4.30. The first kappa shape index (κ1) is 16.6. The Hall–Kier alpha value is -0.810. The molecule has 2 aliphatic rings. The maximum absolute atomic E-state index is 5.89. The fourth-order valence-corrected chi connectivity index (χ4v) is 3.07. The van der Waals surface area contributed by atoms with Crippen LogP contribution in [0.25, 0.3) is 0 Å². The minimum atomic E-state index is 0.194. The lowest BCUT2D eigenvalue weighted by Gasteiger charge is -2.37. The normalized spacial score (nSPS) is 27.1. The number of morpholine rings is 1. The molecule has 0 aromatic carbocycles. The Morgan fingerprint density at radius 1 is 1.19 bits per heavy atom. The second-order valence-corrected chi connectivity index (χ2v) is 5.94. The lowest BCUT2D eigenvalue weighted by molar-refractivity contribution is -0.0816. The number of hydrogen-bond acceptors (Lipinski definition) is 3. The molecule has 0 radical (unpaired) electrons. The molecule has 21 heavy (non-hydrogen) atoms. The Morgan fingerprint density at radius 2 is 2.05 bits per heavy atom. The van der Waals surface area contributed by atoms with E-state index in [1.54, 1.807) is 0 Å². The van der Waals surface area contributed by atoms with Gasteiger partial charge < -0.3 is 19.7 Å². The molecular formula is C16H31N3O2.